The lowest BCUT2D eigenvalue weighted by atomic mass is 10.1. The second-order valence-corrected chi connectivity index (χ2v) is 5.46. The van der Waals surface area contributed by atoms with Gasteiger partial charge in [0, 0.05) is 6.54 Å². The van der Waals surface area contributed by atoms with Crippen molar-refractivity contribution in [2.24, 2.45) is 0 Å². The topological polar surface area (TPSA) is 79.2 Å². The van der Waals surface area contributed by atoms with Crippen LogP contribution < -0.4 is 5.32 Å². The fourth-order valence-electron chi connectivity index (χ4n) is 2.06. The molecular weight excluding hydrogens is 304 g/mol. The molecule has 0 spiro atoms. The summed E-state index contributed by atoms with van der Waals surface area (Å²) in [5.74, 6) is -0.962. The summed E-state index contributed by atoms with van der Waals surface area (Å²) in [6, 6.07) is 14.0. The van der Waals surface area contributed by atoms with Gasteiger partial charge in [0.1, 0.15) is 0 Å². The molecule has 0 fully saturated rings. The Kier molecular flexibility index (Phi) is 5.69. The monoisotopic (exact) mass is 322 g/mol. The highest BCUT2D eigenvalue weighted by atomic mass is 16.5. The highest BCUT2D eigenvalue weighted by Gasteiger charge is 2.10. The minimum atomic E-state index is -0.596. The number of esters is 1. The van der Waals surface area contributed by atoms with Gasteiger partial charge in [-0.1, -0.05) is 18.2 Å². The van der Waals surface area contributed by atoms with Crippen molar-refractivity contribution in [3.63, 3.8) is 0 Å². The number of hydrogen-bond acceptors (Lipinski definition) is 4. The van der Waals surface area contributed by atoms with Gasteiger partial charge in [0.15, 0.2) is 6.61 Å². The van der Waals surface area contributed by atoms with Crippen molar-refractivity contribution in [3.05, 3.63) is 70.3 Å². The zero-order valence-electron chi connectivity index (χ0n) is 13.6. The van der Waals surface area contributed by atoms with E-state index in [1.165, 1.54) is 29.8 Å². The number of carbonyl (C=O) groups is 2. The van der Waals surface area contributed by atoms with Crippen molar-refractivity contribution >= 4 is 11.9 Å². The van der Waals surface area contributed by atoms with E-state index in [9.17, 15) is 9.59 Å². The SMILES string of the molecule is Cc1ccc(CNC(=O)COC(=O)c2ccc(C#N)cc2)cc1C. The van der Waals surface area contributed by atoms with E-state index in [1.54, 1.807) is 0 Å². The van der Waals surface area contributed by atoms with Gasteiger partial charge in [-0.25, -0.2) is 4.79 Å². The minimum Gasteiger partial charge on any atom is -0.452 e. The Morgan fingerprint density at radius 1 is 1.08 bits per heavy atom. The fourth-order valence-corrected chi connectivity index (χ4v) is 2.06. The Hall–Kier alpha value is -3.13. The molecular formula is C19H18N2O3. The number of rotatable bonds is 5. The van der Waals surface area contributed by atoms with Crippen LogP contribution in [0.25, 0.3) is 0 Å². The van der Waals surface area contributed by atoms with Gasteiger partial charge in [0.25, 0.3) is 5.91 Å². The number of ether oxygens (including phenoxy) is 1. The predicted molar refractivity (Wildman–Crippen MR) is 89.2 cm³/mol. The number of aryl methyl sites for hydroxylation is 2. The van der Waals surface area contributed by atoms with Crippen LogP contribution in [0.5, 0.6) is 0 Å². The average Bonchev–Trinajstić information content (AvgIpc) is 2.60. The summed E-state index contributed by atoms with van der Waals surface area (Å²) in [4.78, 5) is 23.6. The van der Waals surface area contributed by atoms with Crippen molar-refractivity contribution in [1.82, 2.24) is 5.32 Å². The van der Waals surface area contributed by atoms with Crippen LogP contribution in [0.2, 0.25) is 0 Å². The Morgan fingerprint density at radius 3 is 2.42 bits per heavy atom. The van der Waals surface area contributed by atoms with Crippen LogP contribution in [0.15, 0.2) is 42.5 Å². The molecule has 24 heavy (non-hydrogen) atoms. The molecule has 2 aromatic rings. The lowest BCUT2D eigenvalue weighted by Gasteiger charge is -2.08. The molecule has 0 radical (unpaired) electrons. The van der Waals surface area contributed by atoms with Gasteiger partial charge in [0.05, 0.1) is 17.2 Å². The third-order valence-electron chi connectivity index (χ3n) is 3.65. The summed E-state index contributed by atoms with van der Waals surface area (Å²) >= 11 is 0. The normalized spacial score (nSPS) is 9.88. The molecule has 0 bridgehead atoms. The van der Waals surface area contributed by atoms with Gasteiger partial charge in [-0.15, -0.1) is 0 Å². The van der Waals surface area contributed by atoms with Gasteiger partial charge in [-0.2, -0.15) is 5.26 Å². The molecule has 0 heterocycles. The highest BCUT2D eigenvalue weighted by molar-refractivity contribution is 5.91. The largest absolute Gasteiger partial charge is 0.452 e. The number of hydrogen-bond donors (Lipinski definition) is 1. The molecule has 1 amide bonds. The fraction of sp³-hybridized carbons (Fsp3) is 0.211. The quantitative estimate of drug-likeness (QED) is 0.858. The van der Waals surface area contributed by atoms with Gasteiger partial charge in [-0.3, -0.25) is 4.79 Å². The molecule has 0 aliphatic rings. The van der Waals surface area contributed by atoms with Crippen molar-refractivity contribution in [2.45, 2.75) is 20.4 Å². The number of amides is 1. The van der Waals surface area contributed by atoms with E-state index in [1.807, 2.05) is 38.1 Å². The van der Waals surface area contributed by atoms with Crippen LogP contribution in [0.4, 0.5) is 0 Å². The van der Waals surface area contributed by atoms with Gasteiger partial charge < -0.3 is 10.1 Å². The average molecular weight is 322 g/mol. The predicted octanol–water partition coefficient (Wildman–Crippen LogP) is 2.65. The molecule has 2 rings (SSSR count). The van der Waals surface area contributed by atoms with E-state index in [-0.39, 0.29) is 12.5 Å². The molecule has 0 saturated carbocycles. The number of benzene rings is 2. The highest BCUT2D eigenvalue weighted by Crippen LogP contribution is 2.09. The van der Waals surface area contributed by atoms with Crippen molar-refractivity contribution < 1.29 is 14.3 Å². The maximum atomic E-state index is 11.8. The second-order valence-electron chi connectivity index (χ2n) is 5.46. The lowest BCUT2D eigenvalue weighted by molar-refractivity contribution is -0.124. The van der Waals surface area contributed by atoms with Crippen LogP contribution in [-0.2, 0) is 16.1 Å². The minimum absolute atomic E-state index is 0.302. The lowest BCUT2D eigenvalue weighted by Crippen LogP contribution is -2.28. The first-order valence-corrected chi connectivity index (χ1v) is 7.49. The first kappa shape index (κ1) is 17.2. The molecule has 0 aliphatic heterocycles. The molecule has 0 aliphatic carbocycles. The van der Waals surface area contributed by atoms with Crippen molar-refractivity contribution in [1.29, 1.82) is 5.26 Å². The van der Waals surface area contributed by atoms with E-state index >= 15 is 0 Å². The smallest absolute Gasteiger partial charge is 0.338 e. The molecule has 122 valence electrons. The maximum absolute atomic E-state index is 11.8. The maximum Gasteiger partial charge on any atom is 0.338 e. The van der Waals surface area contributed by atoms with Crippen molar-refractivity contribution in [2.75, 3.05) is 6.61 Å². The zero-order valence-corrected chi connectivity index (χ0v) is 13.6. The van der Waals surface area contributed by atoms with Crippen molar-refractivity contribution in [3.8, 4) is 6.07 Å². The zero-order chi connectivity index (χ0) is 17.5. The number of carbonyl (C=O) groups excluding carboxylic acids is 2. The number of nitriles is 1. The van der Waals surface area contributed by atoms with Gasteiger partial charge in [0.2, 0.25) is 0 Å². The molecule has 2 aromatic carbocycles. The first-order chi connectivity index (χ1) is 11.5. The van der Waals surface area contributed by atoms with E-state index in [0.717, 1.165) is 11.1 Å². The Labute approximate surface area is 140 Å². The van der Waals surface area contributed by atoms with E-state index in [2.05, 4.69) is 5.32 Å². The van der Waals surface area contributed by atoms with Crippen LogP contribution in [0, 0.1) is 25.2 Å². The van der Waals surface area contributed by atoms with Gasteiger partial charge >= 0.3 is 5.97 Å². The van der Waals surface area contributed by atoms with E-state index < -0.39 is 5.97 Å². The van der Waals surface area contributed by atoms with Gasteiger partial charge in [-0.05, 0) is 54.8 Å². The molecule has 1 N–H and O–H groups in total. The standard InChI is InChI=1S/C19H18N2O3/c1-13-3-4-16(9-14(13)2)11-21-18(22)12-24-19(23)17-7-5-15(10-20)6-8-17/h3-9H,11-12H2,1-2H3,(H,21,22). The summed E-state index contributed by atoms with van der Waals surface area (Å²) in [6.45, 7) is 4.08. The van der Waals surface area contributed by atoms with Crippen LogP contribution in [0.3, 0.4) is 0 Å². The molecule has 5 heteroatoms. The summed E-state index contributed by atoms with van der Waals surface area (Å²) in [5.41, 5.74) is 4.11. The Balaban J connectivity index is 1.80. The summed E-state index contributed by atoms with van der Waals surface area (Å²) in [6.07, 6.45) is 0. The molecule has 0 atom stereocenters. The molecule has 0 aromatic heterocycles. The van der Waals surface area contributed by atoms with Crippen LogP contribution in [-0.4, -0.2) is 18.5 Å². The van der Waals surface area contributed by atoms with E-state index in [0.29, 0.717) is 17.7 Å². The third-order valence-corrected chi connectivity index (χ3v) is 3.65. The molecule has 0 saturated heterocycles. The summed E-state index contributed by atoms with van der Waals surface area (Å²) in [5, 5.41) is 11.4. The summed E-state index contributed by atoms with van der Waals surface area (Å²) < 4.78 is 4.96. The first-order valence-electron chi connectivity index (χ1n) is 7.49. The van der Waals surface area contributed by atoms with Crippen LogP contribution >= 0.6 is 0 Å². The Bertz CT molecular complexity index is 789. The third kappa shape index (κ3) is 4.68. The number of nitrogens with one attached hydrogen (secondary N) is 1. The molecule has 5 nitrogen and oxygen atoms in total. The Morgan fingerprint density at radius 2 is 1.79 bits per heavy atom. The number of nitrogens with zero attached hydrogens (tertiary/aromatic N) is 1. The molecule has 0 unspecified atom stereocenters. The summed E-state index contributed by atoms with van der Waals surface area (Å²) in [7, 11) is 0. The van der Waals surface area contributed by atoms with Crippen LogP contribution in [0.1, 0.15) is 32.6 Å². The second kappa shape index (κ2) is 7.93. The van der Waals surface area contributed by atoms with E-state index in [4.69, 9.17) is 10.00 Å².